The monoisotopic (exact) mass is 1020 g/mol. The topological polar surface area (TPSA) is 207 Å². The van der Waals surface area contributed by atoms with Crippen molar-refractivity contribution in [1.29, 1.82) is 0 Å². The summed E-state index contributed by atoms with van der Waals surface area (Å²) < 4.78 is 47.4. The standard InChI is InChI=1S/C56H62FN9O9/c1-6-7-19-64(52(67)50(63-56(70)72-5)33-11-9-21-73-23-18-33)31-47-58-29-40(60-47)34-14-16-42-38(24-34)27-44-48-39(57)26-37(28-46(48)75-54(66(42)44)36-15-17-45-35(25-36)12-10-22-74-45)41-30-59-51(61-41)43-13-8-20-65(43)53(68)49(32(2)3)62-55(69)71-4/h1,14-17,24-30,32-33,43,49-50,54H,7-13,18-23,31H2,2-5H3,(H,58,60)(H,59,61)(H,62,69)(H,63,70)/t33?,43-,49?,50-,54?/m0/s1. The molecule has 0 saturated carbocycles. The van der Waals surface area contributed by atoms with Gasteiger partial charge in [0.2, 0.25) is 18.0 Å². The molecule has 392 valence electrons. The summed E-state index contributed by atoms with van der Waals surface area (Å²) in [7, 11) is 2.53. The zero-order valence-electron chi connectivity index (χ0n) is 42.6. The van der Waals surface area contributed by atoms with E-state index in [9.17, 15) is 19.2 Å². The molecule has 7 heterocycles. The largest absolute Gasteiger partial charge is 0.493 e. The van der Waals surface area contributed by atoms with E-state index in [1.807, 2.05) is 60.9 Å². The van der Waals surface area contributed by atoms with Crippen LogP contribution in [0.2, 0.25) is 0 Å². The van der Waals surface area contributed by atoms with Crippen LogP contribution in [0.15, 0.2) is 67.0 Å². The Labute approximate surface area is 434 Å². The Bertz CT molecular complexity index is 3150. The highest BCUT2D eigenvalue weighted by atomic mass is 19.1. The number of halogens is 1. The number of aryl methyl sites for hydroxylation is 1. The third-order valence-corrected chi connectivity index (χ3v) is 14.8. The van der Waals surface area contributed by atoms with Crippen molar-refractivity contribution in [2.45, 2.75) is 96.1 Å². The average molecular weight is 1020 g/mol. The van der Waals surface area contributed by atoms with Crippen molar-refractivity contribution in [3.8, 4) is 57.6 Å². The van der Waals surface area contributed by atoms with Crippen LogP contribution in [0.5, 0.6) is 11.5 Å². The summed E-state index contributed by atoms with van der Waals surface area (Å²) in [5.41, 5.74) is 6.26. The number of carbonyl (C=O) groups is 4. The fourth-order valence-corrected chi connectivity index (χ4v) is 11.0. The predicted octanol–water partition coefficient (Wildman–Crippen LogP) is 8.43. The van der Waals surface area contributed by atoms with Crippen LogP contribution in [0.4, 0.5) is 14.0 Å². The molecule has 4 amide bonds. The molecule has 5 atom stereocenters. The zero-order chi connectivity index (χ0) is 52.3. The van der Waals surface area contributed by atoms with E-state index in [4.69, 9.17) is 40.1 Å². The Morgan fingerprint density at radius 1 is 0.893 bits per heavy atom. The normalized spacial score (nSPS) is 18.8. The number of ether oxygens (including phenoxy) is 5. The van der Waals surface area contributed by atoms with Crippen molar-refractivity contribution in [3.05, 3.63) is 95.6 Å². The number of nitrogens with one attached hydrogen (secondary N) is 4. The first-order valence-corrected chi connectivity index (χ1v) is 25.7. The number of aromatic nitrogens is 5. The summed E-state index contributed by atoms with van der Waals surface area (Å²) in [4.78, 5) is 72.5. The third kappa shape index (κ3) is 10.4. The minimum Gasteiger partial charge on any atom is -0.493 e. The Kier molecular flexibility index (Phi) is 14.8. The molecule has 2 fully saturated rings. The van der Waals surface area contributed by atoms with E-state index in [1.165, 1.54) is 20.3 Å². The molecule has 3 aromatic heterocycles. The van der Waals surface area contributed by atoms with Crippen LogP contribution in [0.1, 0.15) is 93.8 Å². The molecular formula is C56H62FN9O9. The van der Waals surface area contributed by atoms with Crippen LogP contribution in [0.25, 0.3) is 44.7 Å². The number of imidazole rings is 2. The van der Waals surface area contributed by atoms with Gasteiger partial charge in [-0.1, -0.05) is 19.9 Å². The first-order valence-electron chi connectivity index (χ1n) is 25.7. The van der Waals surface area contributed by atoms with E-state index < -0.39 is 36.3 Å². The fourth-order valence-electron chi connectivity index (χ4n) is 11.0. The molecule has 10 rings (SSSR count). The highest BCUT2D eigenvalue weighted by Gasteiger charge is 2.39. The highest BCUT2D eigenvalue weighted by molar-refractivity contribution is 5.93. The molecule has 2 saturated heterocycles. The number of methoxy groups -OCH3 is 2. The molecule has 18 nitrogen and oxygen atoms in total. The maximum atomic E-state index is 17.1. The lowest BCUT2D eigenvalue weighted by Gasteiger charge is -2.31. The molecule has 75 heavy (non-hydrogen) atoms. The molecule has 4 N–H and O–H groups in total. The van der Waals surface area contributed by atoms with E-state index in [0.717, 1.165) is 59.0 Å². The van der Waals surface area contributed by atoms with Crippen LogP contribution in [0.3, 0.4) is 0 Å². The molecular weight excluding hydrogens is 962 g/mol. The van der Waals surface area contributed by atoms with E-state index >= 15 is 4.39 Å². The quantitative estimate of drug-likeness (QED) is 0.0762. The Hall–Kier alpha value is -7.85. The summed E-state index contributed by atoms with van der Waals surface area (Å²) >= 11 is 0. The van der Waals surface area contributed by atoms with E-state index in [2.05, 4.69) is 32.6 Å². The second-order valence-corrected chi connectivity index (χ2v) is 19.9. The molecule has 3 unspecified atom stereocenters. The van der Waals surface area contributed by atoms with Gasteiger partial charge in [0.05, 0.1) is 74.0 Å². The fraction of sp³-hybridized carbons (Fsp3) is 0.429. The van der Waals surface area contributed by atoms with Crippen molar-refractivity contribution in [2.75, 3.05) is 47.1 Å². The number of benzene rings is 3. The first-order chi connectivity index (χ1) is 36.4. The molecule has 0 aliphatic carbocycles. The summed E-state index contributed by atoms with van der Waals surface area (Å²) in [6.45, 7) is 6.31. The molecule has 19 heteroatoms. The SMILES string of the molecule is C#CCCN(Cc1ncc(-c2ccc3c(c2)cc2n3C(c3ccc4c(c3)CCCO4)Oc3cc(-c4cnc([C@@H]5CCCN5C(=O)C(NC(=O)OC)C(C)C)[nH]4)cc(F)c3-2)[nH]1)C(=O)[C@@H](NC(=O)OC)C1CCCOCC1. The Morgan fingerprint density at radius 2 is 1.71 bits per heavy atom. The number of aromatic amines is 2. The summed E-state index contributed by atoms with van der Waals surface area (Å²) in [6.07, 6.45) is 12.5. The van der Waals surface area contributed by atoms with Crippen LogP contribution in [-0.2, 0) is 36.8 Å². The lowest BCUT2D eigenvalue weighted by molar-refractivity contribution is -0.136. The number of rotatable bonds is 14. The smallest absolute Gasteiger partial charge is 0.407 e. The minimum absolute atomic E-state index is 0.113. The molecule has 4 aliphatic rings. The lowest BCUT2D eigenvalue weighted by Crippen LogP contribution is -2.52. The minimum atomic E-state index is -0.841. The van der Waals surface area contributed by atoms with E-state index in [-0.39, 0.29) is 42.8 Å². The van der Waals surface area contributed by atoms with Gasteiger partial charge in [-0.15, -0.1) is 12.3 Å². The Balaban J connectivity index is 0.964. The van der Waals surface area contributed by atoms with Crippen molar-refractivity contribution >= 4 is 34.9 Å². The number of hydrogen-bond acceptors (Lipinski definition) is 11. The van der Waals surface area contributed by atoms with Gasteiger partial charge in [0, 0.05) is 54.8 Å². The number of terminal acetylenes is 1. The van der Waals surface area contributed by atoms with Gasteiger partial charge >= 0.3 is 12.2 Å². The molecule has 6 aromatic rings. The average Bonchev–Trinajstić information content (AvgIpc) is 4.26. The second-order valence-electron chi connectivity index (χ2n) is 19.9. The van der Waals surface area contributed by atoms with Gasteiger partial charge in [-0.25, -0.2) is 23.9 Å². The van der Waals surface area contributed by atoms with Gasteiger partial charge in [0.25, 0.3) is 0 Å². The number of fused-ring (bicyclic) bond motifs is 6. The third-order valence-electron chi connectivity index (χ3n) is 14.8. The molecule has 0 radical (unpaired) electrons. The lowest BCUT2D eigenvalue weighted by atomic mass is 9.91. The summed E-state index contributed by atoms with van der Waals surface area (Å²) in [6, 6.07) is 15.3. The highest BCUT2D eigenvalue weighted by Crippen LogP contribution is 2.48. The zero-order valence-corrected chi connectivity index (χ0v) is 42.6. The molecule has 4 aliphatic heterocycles. The summed E-state index contributed by atoms with van der Waals surface area (Å²) in [5.74, 6) is 3.55. The maximum Gasteiger partial charge on any atom is 0.407 e. The van der Waals surface area contributed by atoms with Crippen LogP contribution in [-0.4, -0.2) is 118 Å². The number of H-pyrrole nitrogens is 2. The predicted molar refractivity (Wildman–Crippen MR) is 276 cm³/mol. The Morgan fingerprint density at radius 3 is 2.52 bits per heavy atom. The van der Waals surface area contributed by atoms with E-state index in [0.29, 0.717) is 97.7 Å². The van der Waals surface area contributed by atoms with Crippen LogP contribution in [0, 0.1) is 30.0 Å². The number of alkyl carbamates (subject to hydrolysis) is 2. The number of nitrogens with zero attached hydrogens (tertiary/aromatic N) is 5. The number of hydrogen-bond donors (Lipinski definition) is 4. The van der Waals surface area contributed by atoms with Crippen LogP contribution >= 0.6 is 0 Å². The number of likely N-dealkylation sites (tertiary alicyclic amines) is 1. The van der Waals surface area contributed by atoms with Crippen molar-refractivity contribution < 1.29 is 47.3 Å². The first kappa shape index (κ1) is 50.7. The molecule has 0 bridgehead atoms. The van der Waals surface area contributed by atoms with Gasteiger partial charge in [0.15, 0.2) is 0 Å². The maximum absolute atomic E-state index is 17.1. The van der Waals surface area contributed by atoms with Gasteiger partial charge in [0.1, 0.15) is 41.0 Å². The van der Waals surface area contributed by atoms with Crippen molar-refractivity contribution in [2.24, 2.45) is 11.8 Å². The van der Waals surface area contributed by atoms with Gasteiger partial charge < -0.3 is 58.7 Å². The van der Waals surface area contributed by atoms with Gasteiger partial charge in [-0.3, -0.25) is 9.59 Å². The van der Waals surface area contributed by atoms with Crippen molar-refractivity contribution in [3.63, 3.8) is 0 Å². The van der Waals surface area contributed by atoms with E-state index in [1.54, 1.807) is 22.2 Å². The van der Waals surface area contributed by atoms with Crippen molar-refractivity contribution in [1.82, 2.24) is 44.9 Å². The molecule has 0 spiro atoms. The number of amides is 4. The molecule has 3 aromatic carbocycles. The van der Waals surface area contributed by atoms with Gasteiger partial charge in [-0.2, -0.15) is 0 Å². The number of carbonyl (C=O) groups excluding carboxylic acids is 4. The second kappa shape index (κ2) is 21.9. The summed E-state index contributed by atoms with van der Waals surface area (Å²) in [5, 5.41) is 6.31. The van der Waals surface area contributed by atoms with Crippen LogP contribution < -0.4 is 20.1 Å². The van der Waals surface area contributed by atoms with Gasteiger partial charge in [-0.05, 0) is 111 Å².